The summed E-state index contributed by atoms with van der Waals surface area (Å²) in [5.74, 6) is 2.35. The number of amides is 1. The van der Waals surface area contributed by atoms with E-state index >= 15 is 0 Å². The standard InChI is InChI=1S/C12H18N4O/c1-3-5-14-12(17)11(2)16-9-7-15(6-4-13)8-10-16/h1,11H,5-10H2,2H3,(H,14,17). The minimum absolute atomic E-state index is 0.0308. The summed E-state index contributed by atoms with van der Waals surface area (Å²) in [6, 6.07) is 1.98. The smallest absolute Gasteiger partial charge is 0.237 e. The molecule has 1 amide bonds. The van der Waals surface area contributed by atoms with Gasteiger partial charge in [0.1, 0.15) is 0 Å². The van der Waals surface area contributed by atoms with Crippen molar-refractivity contribution in [3.63, 3.8) is 0 Å². The maximum Gasteiger partial charge on any atom is 0.237 e. The second-order valence-electron chi connectivity index (χ2n) is 4.07. The minimum atomic E-state index is -0.160. The molecule has 0 radical (unpaired) electrons. The van der Waals surface area contributed by atoms with Gasteiger partial charge in [-0.05, 0) is 6.92 Å². The lowest BCUT2D eigenvalue weighted by atomic mass is 10.2. The zero-order chi connectivity index (χ0) is 12.7. The topological polar surface area (TPSA) is 59.4 Å². The van der Waals surface area contributed by atoms with E-state index in [9.17, 15) is 4.79 Å². The molecule has 17 heavy (non-hydrogen) atoms. The largest absolute Gasteiger partial charge is 0.344 e. The van der Waals surface area contributed by atoms with Crippen LogP contribution < -0.4 is 5.32 Å². The Balaban J connectivity index is 2.35. The SMILES string of the molecule is C#CCNC(=O)C(C)N1CCN(CC#N)CC1. The lowest BCUT2D eigenvalue weighted by Crippen LogP contribution is -2.53. The Kier molecular flexibility index (Phi) is 5.48. The van der Waals surface area contributed by atoms with Crippen LogP contribution in [0.15, 0.2) is 0 Å². The van der Waals surface area contributed by atoms with Crippen molar-refractivity contribution < 1.29 is 4.79 Å². The van der Waals surface area contributed by atoms with E-state index in [1.165, 1.54) is 0 Å². The zero-order valence-corrected chi connectivity index (χ0v) is 10.1. The van der Waals surface area contributed by atoms with Gasteiger partial charge in [-0.3, -0.25) is 14.6 Å². The Labute approximate surface area is 102 Å². The van der Waals surface area contributed by atoms with E-state index in [2.05, 4.69) is 27.1 Å². The van der Waals surface area contributed by atoms with Crippen LogP contribution in [-0.2, 0) is 4.79 Å². The van der Waals surface area contributed by atoms with Crippen LogP contribution in [0.4, 0.5) is 0 Å². The highest BCUT2D eigenvalue weighted by atomic mass is 16.2. The van der Waals surface area contributed by atoms with Crippen LogP contribution in [0.25, 0.3) is 0 Å². The van der Waals surface area contributed by atoms with Gasteiger partial charge in [-0.25, -0.2) is 0 Å². The quantitative estimate of drug-likeness (QED) is 0.514. The molecule has 1 heterocycles. The molecule has 0 aromatic carbocycles. The Morgan fingerprint density at radius 2 is 2.12 bits per heavy atom. The minimum Gasteiger partial charge on any atom is -0.344 e. The van der Waals surface area contributed by atoms with Crippen LogP contribution in [-0.4, -0.2) is 61.0 Å². The summed E-state index contributed by atoms with van der Waals surface area (Å²) in [6.45, 7) is 5.91. The molecule has 5 heteroatoms. The van der Waals surface area contributed by atoms with Crippen molar-refractivity contribution in [1.82, 2.24) is 15.1 Å². The van der Waals surface area contributed by atoms with Gasteiger partial charge in [-0.2, -0.15) is 5.26 Å². The number of hydrogen-bond donors (Lipinski definition) is 1. The predicted molar refractivity (Wildman–Crippen MR) is 64.9 cm³/mol. The molecule has 0 aromatic heterocycles. The van der Waals surface area contributed by atoms with Crippen LogP contribution in [0.1, 0.15) is 6.92 Å². The molecule has 1 aliphatic heterocycles. The molecule has 1 unspecified atom stereocenters. The van der Waals surface area contributed by atoms with Gasteiger partial charge in [-0.15, -0.1) is 6.42 Å². The molecule has 92 valence electrons. The Morgan fingerprint density at radius 1 is 1.47 bits per heavy atom. The molecular formula is C12H18N4O. The van der Waals surface area contributed by atoms with Gasteiger partial charge in [0.2, 0.25) is 5.91 Å². The van der Waals surface area contributed by atoms with Gasteiger partial charge >= 0.3 is 0 Å². The normalized spacial score (nSPS) is 19.0. The molecular weight excluding hydrogens is 216 g/mol. The van der Waals surface area contributed by atoms with Crippen molar-refractivity contribution in [1.29, 1.82) is 5.26 Å². The summed E-state index contributed by atoms with van der Waals surface area (Å²) in [5.41, 5.74) is 0. The van der Waals surface area contributed by atoms with Crippen molar-refractivity contribution >= 4 is 5.91 Å². The molecule has 5 nitrogen and oxygen atoms in total. The van der Waals surface area contributed by atoms with Crippen molar-refractivity contribution in [3.05, 3.63) is 0 Å². The van der Waals surface area contributed by atoms with Gasteiger partial charge in [-0.1, -0.05) is 5.92 Å². The summed E-state index contributed by atoms with van der Waals surface area (Å²) < 4.78 is 0. The number of piperazine rings is 1. The van der Waals surface area contributed by atoms with Crippen LogP contribution in [0.3, 0.4) is 0 Å². The third kappa shape index (κ3) is 4.07. The first-order valence-electron chi connectivity index (χ1n) is 5.73. The van der Waals surface area contributed by atoms with E-state index in [-0.39, 0.29) is 18.5 Å². The van der Waals surface area contributed by atoms with Gasteiger partial charge in [0, 0.05) is 26.2 Å². The van der Waals surface area contributed by atoms with Crippen molar-refractivity contribution in [2.45, 2.75) is 13.0 Å². The third-order valence-corrected chi connectivity index (χ3v) is 2.99. The fourth-order valence-electron chi connectivity index (χ4n) is 1.86. The molecule has 1 atom stereocenters. The van der Waals surface area contributed by atoms with Crippen molar-refractivity contribution in [2.75, 3.05) is 39.3 Å². The van der Waals surface area contributed by atoms with E-state index in [1.807, 2.05) is 6.92 Å². The molecule has 0 aliphatic carbocycles. The van der Waals surface area contributed by atoms with Crippen LogP contribution in [0.2, 0.25) is 0 Å². The predicted octanol–water partition coefficient (Wildman–Crippen LogP) is -0.735. The fourth-order valence-corrected chi connectivity index (χ4v) is 1.86. The maximum absolute atomic E-state index is 11.7. The monoisotopic (exact) mass is 234 g/mol. The molecule has 0 aromatic rings. The van der Waals surface area contributed by atoms with E-state index in [1.54, 1.807) is 0 Å². The number of rotatable bonds is 4. The van der Waals surface area contributed by atoms with Gasteiger partial charge in [0.05, 0.1) is 25.2 Å². The van der Waals surface area contributed by atoms with Crippen molar-refractivity contribution in [2.24, 2.45) is 0 Å². The van der Waals surface area contributed by atoms with E-state index < -0.39 is 0 Å². The lowest BCUT2D eigenvalue weighted by Gasteiger charge is -2.36. The average Bonchev–Trinajstić information content (AvgIpc) is 2.36. The van der Waals surface area contributed by atoms with E-state index in [0.717, 1.165) is 26.2 Å². The first kappa shape index (κ1) is 13.5. The molecule has 1 aliphatic rings. The molecule has 1 fully saturated rings. The Hall–Kier alpha value is -1.56. The number of hydrogen-bond acceptors (Lipinski definition) is 4. The van der Waals surface area contributed by atoms with Gasteiger partial charge < -0.3 is 5.32 Å². The van der Waals surface area contributed by atoms with Crippen LogP contribution in [0, 0.1) is 23.7 Å². The number of nitrogens with one attached hydrogen (secondary N) is 1. The highest BCUT2D eigenvalue weighted by Crippen LogP contribution is 2.05. The molecule has 1 saturated heterocycles. The first-order valence-corrected chi connectivity index (χ1v) is 5.73. The van der Waals surface area contributed by atoms with Crippen LogP contribution >= 0.6 is 0 Å². The average molecular weight is 234 g/mol. The molecule has 0 spiro atoms. The molecule has 0 bridgehead atoms. The summed E-state index contributed by atoms with van der Waals surface area (Å²) in [5, 5.41) is 11.3. The highest BCUT2D eigenvalue weighted by molar-refractivity contribution is 5.81. The van der Waals surface area contributed by atoms with Crippen LogP contribution in [0.5, 0.6) is 0 Å². The summed E-state index contributed by atoms with van der Waals surface area (Å²) in [6.07, 6.45) is 5.09. The van der Waals surface area contributed by atoms with Gasteiger partial charge in [0.15, 0.2) is 0 Å². The third-order valence-electron chi connectivity index (χ3n) is 2.99. The van der Waals surface area contributed by atoms with Gasteiger partial charge in [0.25, 0.3) is 0 Å². The summed E-state index contributed by atoms with van der Waals surface area (Å²) in [4.78, 5) is 15.9. The maximum atomic E-state index is 11.7. The van der Waals surface area contributed by atoms with E-state index in [4.69, 9.17) is 11.7 Å². The Morgan fingerprint density at radius 3 is 2.65 bits per heavy atom. The number of nitrogens with zero attached hydrogens (tertiary/aromatic N) is 3. The highest BCUT2D eigenvalue weighted by Gasteiger charge is 2.24. The second-order valence-corrected chi connectivity index (χ2v) is 4.07. The number of terminal acetylenes is 1. The van der Waals surface area contributed by atoms with E-state index in [0.29, 0.717) is 6.54 Å². The first-order chi connectivity index (χ1) is 8.19. The number of carbonyl (C=O) groups excluding carboxylic acids is 1. The number of nitriles is 1. The Bertz CT molecular complexity index is 333. The summed E-state index contributed by atoms with van der Waals surface area (Å²) in [7, 11) is 0. The summed E-state index contributed by atoms with van der Waals surface area (Å²) >= 11 is 0. The molecule has 0 saturated carbocycles. The molecule has 1 rings (SSSR count). The van der Waals surface area contributed by atoms with Crippen molar-refractivity contribution in [3.8, 4) is 18.4 Å². The second kappa shape index (κ2) is 6.90. The molecule has 1 N–H and O–H groups in total. The fraction of sp³-hybridized carbons (Fsp3) is 0.667. The zero-order valence-electron chi connectivity index (χ0n) is 10.1. The number of carbonyl (C=O) groups is 1. The lowest BCUT2D eigenvalue weighted by molar-refractivity contribution is -0.126.